The molecule has 0 bridgehead atoms. The minimum absolute atomic E-state index is 0.0482. The molecule has 0 aromatic heterocycles. The Kier molecular flexibility index (Phi) is 37.2. The van der Waals surface area contributed by atoms with Crippen LogP contribution in [0.3, 0.4) is 0 Å². The number of ether oxygens (including phenoxy) is 4. The smallest absolute Gasteiger partial charge is 0.480 e. The summed E-state index contributed by atoms with van der Waals surface area (Å²) in [7, 11) is 6.57. The fourth-order valence-corrected chi connectivity index (χ4v) is 12.2. The number of nitrogens with zero attached hydrogens (tertiary/aromatic N) is 3. The predicted octanol–water partition coefficient (Wildman–Crippen LogP) is 7.27. The number of methoxy groups -OCH3 is 2. The highest BCUT2D eigenvalue weighted by Gasteiger charge is 2.44. The zero-order chi connectivity index (χ0) is 79.2. The quantitative estimate of drug-likeness (QED) is 0.0198. The SMILES string of the molecule is CC[C@H](C)[C@@H]([C@@H](CC(=O)N1CCC[C@H]1[C@H](OC)[C@@H](C)C(=O)N[C@@H](Cc1ccccc1)C(=O)O)OC)N(C)C(=O)[C@@H](NC(=O)[C@H](C(C)C)N(C)CCc1ccc(NCC(=O)OCc2ccc(NC(=O)[C@H](CCCNC(N)=O)NC(=O)[C@@H](NC(=O)OC(C)(C)C)C(C)C)cc2)cc1)C(C)C.O=C(O)C(F)(F)F. The number of hydrogen-bond donors (Lipinski definition) is 10. The summed E-state index contributed by atoms with van der Waals surface area (Å²) in [5.74, 6) is -8.69. The lowest BCUT2D eigenvalue weighted by Gasteiger charge is -2.41. The van der Waals surface area contributed by atoms with Gasteiger partial charge in [0.25, 0.3) is 0 Å². The second-order valence-electron chi connectivity index (χ2n) is 28.4. The Hall–Kier alpha value is -9.10. The average molecular weight is 1480 g/mol. The van der Waals surface area contributed by atoms with Crippen LogP contribution >= 0.6 is 0 Å². The summed E-state index contributed by atoms with van der Waals surface area (Å²) in [6.45, 7) is 22.8. The van der Waals surface area contributed by atoms with E-state index in [9.17, 15) is 66.2 Å². The van der Waals surface area contributed by atoms with E-state index in [2.05, 4.69) is 37.2 Å². The molecule has 105 heavy (non-hydrogen) atoms. The second kappa shape index (κ2) is 43.4. The molecule has 1 aliphatic heterocycles. The number of carbonyl (C=O) groups is 11. The van der Waals surface area contributed by atoms with E-state index in [4.69, 9.17) is 34.6 Å². The number of nitrogens with one attached hydrogen (secondary N) is 7. The number of carbonyl (C=O) groups excluding carboxylic acids is 9. The van der Waals surface area contributed by atoms with E-state index in [0.717, 1.165) is 11.1 Å². The number of esters is 1. The van der Waals surface area contributed by atoms with Gasteiger partial charge in [0.1, 0.15) is 42.9 Å². The fraction of sp³-hybridized carbons (Fsp3) is 0.608. The lowest BCUT2D eigenvalue weighted by molar-refractivity contribution is -0.192. The Balaban J connectivity index is 0.00000388. The Labute approximate surface area is 614 Å². The van der Waals surface area contributed by atoms with Crippen LogP contribution in [0.2, 0.25) is 0 Å². The van der Waals surface area contributed by atoms with Crippen LogP contribution in [0.1, 0.15) is 138 Å². The maximum Gasteiger partial charge on any atom is 0.490 e. The van der Waals surface area contributed by atoms with Crippen molar-refractivity contribution in [3.8, 4) is 0 Å². The molecule has 1 aliphatic rings. The summed E-state index contributed by atoms with van der Waals surface area (Å²) in [6.07, 6.45) is -4.45. The summed E-state index contributed by atoms with van der Waals surface area (Å²) in [4.78, 5) is 148. The molecule has 1 fully saturated rings. The first kappa shape index (κ1) is 90.1. The fourth-order valence-electron chi connectivity index (χ4n) is 12.2. The van der Waals surface area contributed by atoms with Crippen molar-refractivity contribution in [2.24, 2.45) is 35.3 Å². The summed E-state index contributed by atoms with van der Waals surface area (Å²) < 4.78 is 54.6. The Morgan fingerprint density at radius 2 is 1.28 bits per heavy atom. The molecule has 11 atom stereocenters. The van der Waals surface area contributed by atoms with E-state index >= 15 is 0 Å². The van der Waals surface area contributed by atoms with Crippen LogP contribution in [0.5, 0.6) is 0 Å². The van der Waals surface area contributed by atoms with Crippen LogP contribution in [0.15, 0.2) is 78.9 Å². The molecule has 11 N–H and O–H groups in total. The van der Waals surface area contributed by atoms with E-state index in [1.165, 1.54) is 14.2 Å². The number of aliphatic carboxylic acids is 2. The average Bonchev–Trinajstić information content (AvgIpc) is 1.44. The van der Waals surface area contributed by atoms with Crippen molar-refractivity contribution in [1.29, 1.82) is 0 Å². The van der Waals surface area contributed by atoms with Crippen molar-refractivity contribution < 1.29 is 95.1 Å². The monoisotopic (exact) mass is 1480 g/mol. The minimum Gasteiger partial charge on any atom is -0.480 e. The summed E-state index contributed by atoms with van der Waals surface area (Å²) in [5, 5.41) is 36.6. The topological polar surface area (TPSA) is 385 Å². The molecule has 4 rings (SSSR count). The van der Waals surface area contributed by atoms with Gasteiger partial charge in [0.05, 0.1) is 42.7 Å². The normalized spacial score (nSPS) is 15.9. The van der Waals surface area contributed by atoms with Crippen molar-refractivity contribution in [3.63, 3.8) is 0 Å². The molecule has 0 spiro atoms. The molecule has 3 aromatic rings. The van der Waals surface area contributed by atoms with Gasteiger partial charge >= 0.3 is 36.2 Å². The third kappa shape index (κ3) is 30.5. The third-order valence-electron chi connectivity index (χ3n) is 18.0. The van der Waals surface area contributed by atoms with Gasteiger partial charge in [-0.2, -0.15) is 13.2 Å². The van der Waals surface area contributed by atoms with Gasteiger partial charge in [0, 0.05) is 58.7 Å². The number of carboxylic acids is 2. The Morgan fingerprint density at radius 1 is 0.695 bits per heavy atom. The second-order valence-corrected chi connectivity index (χ2v) is 28.4. The maximum absolute atomic E-state index is 14.8. The number of likely N-dealkylation sites (tertiary alicyclic amines) is 1. The summed E-state index contributed by atoms with van der Waals surface area (Å²) in [6, 6.07) is 16.7. The number of alkyl halides is 3. The molecule has 31 heteroatoms. The van der Waals surface area contributed by atoms with Crippen molar-refractivity contribution in [2.45, 2.75) is 207 Å². The number of benzene rings is 3. The van der Waals surface area contributed by atoms with Crippen LogP contribution in [0.25, 0.3) is 0 Å². The Bertz CT molecular complexity index is 3310. The molecular formula is C74H112F3N11O17. The van der Waals surface area contributed by atoms with Crippen molar-refractivity contribution in [3.05, 3.63) is 95.6 Å². The highest BCUT2D eigenvalue weighted by atomic mass is 19.4. The standard InChI is InChI=1S/C72H111N11O15.C2HF3O2/c1-17-46(8)62(56(95-15)40-57(84)83-37-22-26-55(83)63(96-16)47(9)64(86)78-54(69(91)92)39-49-23-19-18-20-24-49)82(14)68(90)60(44(4)5)79-67(89)61(45(6)7)81(13)38-35-48-27-31-51(32-28-48)75-41-58(85)97-42-50-29-33-52(34-30-50)76-65(87)53(25-21-36-74-70(73)93)77-66(88)59(43(2)3)80-71(94)98-72(10,11)12;3-2(4,5)1(6)7/h18-20,23-24,27-34,43-47,53-56,59-63,75H,17,21-22,25-26,35-42H2,1-16H3,(H,76,87)(H,77,88)(H,78,86)(H,79,89)(H,80,94)(H,91,92)(H3,73,74,93);(H,6,7)/t46-,47+,53-,54-,55-,56+,59-,60-,61-,62-,63+;/m0./s1. The first-order valence-corrected chi connectivity index (χ1v) is 35.4. The van der Waals surface area contributed by atoms with Gasteiger partial charge < -0.3 is 81.9 Å². The van der Waals surface area contributed by atoms with Crippen LogP contribution in [0, 0.1) is 29.6 Å². The van der Waals surface area contributed by atoms with Crippen molar-refractivity contribution in [1.82, 2.24) is 41.3 Å². The molecule has 586 valence electrons. The number of carboxylic acid groups (broad SMARTS) is 2. The molecule has 0 unspecified atom stereocenters. The first-order valence-electron chi connectivity index (χ1n) is 35.4. The summed E-state index contributed by atoms with van der Waals surface area (Å²) >= 11 is 0. The van der Waals surface area contributed by atoms with Crippen LogP contribution in [-0.2, 0) is 81.5 Å². The lowest BCUT2D eigenvalue weighted by atomic mass is 9.89. The van der Waals surface area contributed by atoms with E-state index in [-0.39, 0.29) is 80.4 Å². The van der Waals surface area contributed by atoms with Crippen molar-refractivity contribution >= 4 is 76.9 Å². The van der Waals surface area contributed by atoms with Gasteiger partial charge in [0.2, 0.25) is 35.4 Å². The lowest BCUT2D eigenvalue weighted by Crippen LogP contribution is -2.60. The molecule has 1 saturated heterocycles. The molecule has 3 aromatic carbocycles. The van der Waals surface area contributed by atoms with Gasteiger partial charge in [-0.25, -0.2) is 19.2 Å². The predicted molar refractivity (Wildman–Crippen MR) is 388 cm³/mol. The highest BCUT2D eigenvalue weighted by molar-refractivity contribution is 5.98. The maximum atomic E-state index is 14.8. The molecule has 0 aliphatic carbocycles. The number of hydrogen-bond acceptors (Lipinski definition) is 17. The van der Waals surface area contributed by atoms with Crippen molar-refractivity contribution in [2.75, 3.05) is 65.1 Å². The van der Waals surface area contributed by atoms with Gasteiger partial charge in [-0.05, 0) is 125 Å². The van der Waals surface area contributed by atoms with E-state index in [0.29, 0.717) is 62.1 Å². The highest BCUT2D eigenvalue weighted by Crippen LogP contribution is 2.31. The molecular weight excluding hydrogens is 1370 g/mol. The zero-order valence-corrected chi connectivity index (χ0v) is 63.4. The molecule has 9 amide bonds. The number of amides is 9. The number of likely N-dealkylation sites (N-methyl/N-ethyl adjacent to an activating group) is 2. The number of nitrogens with two attached hydrogens (primary N) is 1. The number of alkyl carbamates (subject to hydrolysis) is 1. The van der Waals surface area contributed by atoms with Gasteiger partial charge in [-0.1, -0.05) is 123 Å². The molecule has 0 saturated carbocycles. The minimum atomic E-state index is -5.08. The number of urea groups is 1. The van der Waals surface area contributed by atoms with Gasteiger partial charge in [-0.3, -0.25) is 38.5 Å². The molecule has 28 nitrogen and oxygen atoms in total. The van der Waals surface area contributed by atoms with Gasteiger partial charge in [-0.15, -0.1) is 0 Å². The van der Waals surface area contributed by atoms with E-state index in [1.807, 2.05) is 83.8 Å². The van der Waals surface area contributed by atoms with Gasteiger partial charge in [0.15, 0.2) is 0 Å². The third-order valence-corrected chi connectivity index (χ3v) is 18.0. The number of anilines is 2. The molecule has 0 radical (unpaired) electrons. The van der Waals surface area contributed by atoms with Crippen LogP contribution in [-0.4, -0.2) is 211 Å². The summed E-state index contributed by atoms with van der Waals surface area (Å²) in [5.41, 5.74) is 7.88. The Morgan fingerprint density at radius 3 is 1.80 bits per heavy atom. The van der Waals surface area contributed by atoms with E-state index in [1.54, 1.807) is 107 Å². The number of primary amides is 1. The molecule has 1 heterocycles. The zero-order valence-electron chi connectivity index (χ0n) is 63.4. The number of rotatable bonds is 39. The number of halogens is 3. The van der Waals surface area contributed by atoms with Crippen LogP contribution in [0.4, 0.5) is 34.1 Å². The largest absolute Gasteiger partial charge is 0.490 e. The first-order chi connectivity index (χ1) is 49.1. The van der Waals surface area contributed by atoms with E-state index < -0.39 is 120 Å². The van der Waals surface area contributed by atoms with Crippen LogP contribution < -0.4 is 43.0 Å².